The van der Waals surface area contributed by atoms with Crippen LogP contribution in [0.15, 0.2) is 12.4 Å². The molecule has 1 fully saturated rings. The smallest absolute Gasteiger partial charge is 0.228 e. The predicted octanol–water partition coefficient (Wildman–Crippen LogP) is 2.99. The highest BCUT2D eigenvalue weighted by Gasteiger charge is 2.28. The van der Waals surface area contributed by atoms with E-state index in [9.17, 15) is 4.79 Å². The van der Waals surface area contributed by atoms with Crippen molar-refractivity contribution in [1.82, 2.24) is 24.8 Å². The molecule has 2 aromatic heterocycles. The lowest BCUT2D eigenvalue weighted by molar-refractivity contribution is -0.118. The van der Waals surface area contributed by atoms with Crippen LogP contribution in [-0.4, -0.2) is 50.9 Å². The summed E-state index contributed by atoms with van der Waals surface area (Å²) < 4.78 is 0. The molecule has 0 saturated carbocycles. The number of nitrogens with zero attached hydrogens (tertiary/aromatic N) is 6. The van der Waals surface area contributed by atoms with Crippen LogP contribution >= 0.6 is 0 Å². The van der Waals surface area contributed by atoms with Crippen molar-refractivity contribution in [3.8, 4) is 0 Å². The Morgan fingerprint density at radius 3 is 2.45 bits per heavy atom. The van der Waals surface area contributed by atoms with Gasteiger partial charge in [0.25, 0.3) is 0 Å². The van der Waals surface area contributed by atoms with Gasteiger partial charge in [-0.3, -0.25) is 14.6 Å². The fraction of sp³-hybridized carbons (Fsp3) is 0.591. The lowest BCUT2D eigenvalue weighted by atomic mass is 9.94. The first-order chi connectivity index (χ1) is 13.9. The molecule has 2 aromatic rings. The van der Waals surface area contributed by atoms with Crippen LogP contribution in [0.2, 0.25) is 0 Å². The summed E-state index contributed by atoms with van der Waals surface area (Å²) in [6.07, 6.45) is 7.27. The summed E-state index contributed by atoms with van der Waals surface area (Å²) in [5.41, 5.74) is 3.31. The lowest BCUT2D eigenvalue weighted by Gasteiger charge is -2.32. The monoisotopic (exact) mass is 394 g/mol. The number of anilines is 1. The molecule has 1 amide bonds. The van der Waals surface area contributed by atoms with E-state index < -0.39 is 0 Å². The fourth-order valence-electron chi connectivity index (χ4n) is 4.22. The maximum atomic E-state index is 12.1. The Kier molecular flexibility index (Phi) is 5.58. The molecule has 7 nitrogen and oxygen atoms in total. The minimum atomic E-state index is 0.141. The maximum Gasteiger partial charge on any atom is 0.228 e. The molecule has 0 radical (unpaired) electrons. The Labute approximate surface area is 172 Å². The zero-order valence-corrected chi connectivity index (χ0v) is 17.9. The van der Waals surface area contributed by atoms with Gasteiger partial charge in [0.05, 0.1) is 0 Å². The van der Waals surface area contributed by atoms with E-state index in [2.05, 4.69) is 28.7 Å². The zero-order valence-electron chi connectivity index (χ0n) is 17.9. The molecule has 7 heteroatoms. The van der Waals surface area contributed by atoms with Gasteiger partial charge in [0.15, 0.2) is 0 Å². The molecule has 0 bridgehead atoms. The molecular weight excluding hydrogens is 364 g/mol. The Bertz CT molecular complexity index is 887. The minimum absolute atomic E-state index is 0.141. The second kappa shape index (κ2) is 8.14. The summed E-state index contributed by atoms with van der Waals surface area (Å²) in [6, 6.07) is 0. The van der Waals surface area contributed by atoms with E-state index in [-0.39, 0.29) is 5.91 Å². The molecule has 2 aliphatic heterocycles. The molecular formula is C22H30N6O. The summed E-state index contributed by atoms with van der Waals surface area (Å²) in [4.78, 5) is 34.8. The molecule has 154 valence electrons. The van der Waals surface area contributed by atoms with E-state index >= 15 is 0 Å². The van der Waals surface area contributed by atoms with E-state index in [1.54, 1.807) is 4.90 Å². The molecule has 0 spiro atoms. The molecule has 4 heterocycles. The van der Waals surface area contributed by atoms with Gasteiger partial charge in [-0.05, 0) is 39.3 Å². The van der Waals surface area contributed by atoms with E-state index in [4.69, 9.17) is 9.97 Å². The average Bonchev–Trinajstić information content (AvgIpc) is 2.72. The standard InChI is InChI=1S/C22H30N6O/c1-14(2)20-23-11-16(12-24-20)13-28-9-7-17(8-10-28)21-25-15(3)18-5-6-19(29)27(4)22(18)26-21/h11-12,14,17H,5-10,13H2,1-4H3. The van der Waals surface area contributed by atoms with Gasteiger partial charge in [-0.2, -0.15) is 0 Å². The van der Waals surface area contributed by atoms with Crippen LogP contribution in [0.25, 0.3) is 0 Å². The van der Waals surface area contributed by atoms with Crippen LogP contribution in [0.4, 0.5) is 5.82 Å². The molecule has 2 aliphatic rings. The largest absolute Gasteiger partial charge is 0.300 e. The van der Waals surface area contributed by atoms with Crippen molar-refractivity contribution < 1.29 is 4.79 Å². The van der Waals surface area contributed by atoms with Gasteiger partial charge in [0, 0.05) is 61.1 Å². The average molecular weight is 395 g/mol. The number of rotatable bonds is 4. The number of carbonyl (C=O) groups excluding carboxylic acids is 1. The summed E-state index contributed by atoms with van der Waals surface area (Å²) in [7, 11) is 1.83. The second-order valence-corrected chi connectivity index (χ2v) is 8.58. The predicted molar refractivity (Wildman–Crippen MR) is 112 cm³/mol. The van der Waals surface area contributed by atoms with Crippen LogP contribution in [0.1, 0.15) is 73.4 Å². The first-order valence-corrected chi connectivity index (χ1v) is 10.6. The number of aromatic nitrogens is 4. The second-order valence-electron chi connectivity index (χ2n) is 8.58. The van der Waals surface area contributed by atoms with E-state index in [0.717, 1.165) is 73.2 Å². The zero-order chi connectivity index (χ0) is 20.5. The molecule has 0 atom stereocenters. The number of hydrogen-bond acceptors (Lipinski definition) is 6. The van der Waals surface area contributed by atoms with Crippen LogP contribution in [0, 0.1) is 6.92 Å². The Hall–Kier alpha value is -2.41. The molecule has 29 heavy (non-hydrogen) atoms. The van der Waals surface area contributed by atoms with Crippen LogP contribution < -0.4 is 4.90 Å². The van der Waals surface area contributed by atoms with E-state index in [0.29, 0.717) is 18.3 Å². The maximum absolute atomic E-state index is 12.1. The van der Waals surface area contributed by atoms with Gasteiger partial charge >= 0.3 is 0 Å². The summed E-state index contributed by atoms with van der Waals surface area (Å²) in [5.74, 6) is 3.45. The minimum Gasteiger partial charge on any atom is -0.300 e. The van der Waals surface area contributed by atoms with E-state index in [1.165, 1.54) is 0 Å². The van der Waals surface area contributed by atoms with Gasteiger partial charge in [-0.15, -0.1) is 0 Å². The van der Waals surface area contributed by atoms with Crippen LogP contribution in [0.3, 0.4) is 0 Å². The Morgan fingerprint density at radius 1 is 1.10 bits per heavy atom. The van der Waals surface area contributed by atoms with Gasteiger partial charge < -0.3 is 0 Å². The third-order valence-electron chi connectivity index (χ3n) is 6.09. The number of likely N-dealkylation sites (tertiary alicyclic amines) is 1. The van der Waals surface area contributed by atoms with Crippen molar-refractivity contribution >= 4 is 11.7 Å². The topological polar surface area (TPSA) is 75.1 Å². The van der Waals surface area contributed by atoms with Gasteiger partial charge in [-0.1, -0.05) is 13.8 Å². The highest BCUT2D eigenvalue weighted by atomic mass is 16.2. The number of carbonyl (C=O) groups is 1. The van der Waals surface area contributed by atoms with Crippen molar-refractivity contribution in [2.75, 3.05) is 25.0 Å². The third kappa shape index (κ3) is 4.15. The first kappa shape index (κ1) is 19.9. The van der Waals surface area contributed by atoms with Crippen molar-refractivity contribution in [1.29, 1.82) is 0 Å². The Balaban J connectivity index is 1.41. The van der Waals surface area contributed by atoms with Gasteiger partial charge in [0.1, 0.15) is 17.5 Å². The van der Waals surface area contributed by atoms with Gasteiger partial charge in [-0.25, -0.2) is 19.9 Å². The fourth-order valence-corrected chi connectivity index (χ4v) is 4.22. The van der Waals surface area contributed by atoms with Crippen LogP contribution in [-0.2, 0) is 17.8 Å². The Morgan fingerprint density at radius 2 is 1.79 bits per heavy atom. The number of amides is 1. The third-order valence-corrected chi connectivity index (χ3v) is 6.09. The molecule has 4 rings (SSSR count). The normalized spacial score (nSPS) is 18.4. The van der Waals surface area contributed by atoms with Crippen molar-refractivity contribution in [3.05, 3.63) is 40.9 Å². The van der Waals surface area contributed by atoms with Crippen molar-refractivity contribution in [3.63, 3.8) is 0 Å². The van der Waals surface area contributed by atoms with Crippen molar-refractivity contribution in [2.45, 2.75) is 64.8 Å². The number of hydrogen-bond donors (Lipinski definition) is 0. The lowest BCUT2D eigenvalue weighted by Crippen LogP contribution is -2.35. The summed E-state index contributed by atoms with van der Waals surface area (Å²) in [6.45, 7) is 9.15. The highest BCUT2D eigenvalue weighted by Crippen LogP contribution is 2.32. The van der Waals surface area contributed by atoms with Crippen LogP contribution in [0.5, 0.6) is 0 Å². The van der Waals surface area contributed by atoms with Gasteiger partial charge in [0.2, 0.25) is 5.91 Å². The first-order valence-electron chi connectivity index (χ1n) is 10.6. The highest BCUT2D eigenvalue weighted by molar-refractivity contribution is 5.94. The molecule has 0 N–H and O–H groups in total. The number of piperidine rings is 1. The molecule has 0 aromatic carbocycles. The summed E-state index contributed by atoms with van der Waals surface area (Å²) >= 11 is 0. The van der Waals surface area contributed by atoms with E-state index in [1.807, 2.05) is 26.4 Å². The van der Waals surface area contributed by atoms with Crippen molar-refractivity contribution in [2.24, 2.45) is 0 Å². The molecule has 0 unspecified atom stereocenters. The molecule has 1 saturated heterocycles. The molecule has 0 aliphatic carbocycles. The quantitative estimate of drug-likeness (QED) is 0.794. The number of fused-ring (bicyclic) bond motifs is 1. The SMILES string of the molecule is Cc1nc(C2CCN(Cc3cnc(C(C)C)nc3)CC2)nc2c1CCC(=O)N2C. The summed E-state index contributed by atoms with van der Waals surface area (Å²) in [5, 5.41) is 0. The number of aryl methyl sites for hydroxylation is 1.